The van der Waals surface area contributed by atoms with Gasteiger partial charge in [0.2, 0.25) is 10.0 Å². The Morgan fingerprint density at radius 2 is 1.81 bits per heavy atom. The SMILES string of the molecule is O=C(c1ccc(Cl)c(S(=O)(=O)NCc2ccccc2)c1)N1CCOCC1. The van der Waals surface area contributed by atoms with Crippen LogP contribution in [0.5, 0.6) is 0 Å². The molecule has 0 aromatic heterocycles. The summed E-state index contributed by atoms with van der Waals surface area (Å²) >= 11 is 6.09. The molecule has 1 saturated heterocycles. The van der Waals surface area contributed by atoms with Gasteiger partial charge in [-0.2, -0.15) is 0 Å². The van der Waals surface area contributed by atoms with E-state index in [4.69, 9.17) is 16.3 Å². The van der Waals surface area contributed by atoms with E-state index in [-0.39, 0.29) is 27.9 Å². The van der Waals surface area contributed by atoms with Gasteiger partial charge in [-0.1, -0.05) is 41.9 Å². The summed E-state index contributed by atoms with van der Waals surface area (Å²) < 4.78 is 33.0. The molecule has 1 aliphatic heterocycles. The number of hydrogen-bond donors (Lipinski definition) is 1. The number of carbonyl (C=O) groups excluding carboxylic acids is 1. The van der Waals surface area contributed by atoms with Crippen LogP contribution in [-0.4, -0.2) is 45.5 Å². The molecule has 26 heavy (non-hydrogen) atoms. The van der Waals surface area contributed by atoms with Crippen LogP contribution in [-0.2, 0) is 21.3 Å². The Morgan fingerprint density at radius 3 is 2.50 bits per heavy atom. The zero-order valence-electron chi connectivity index (χ0n) is 14.0. The zero-order valence-corrected chi connectivity index (χ0v) is 15.6. The first-order valence-electron chi connectivity index (χ1n) is 8.17. The fourth-order valence-corrected chi connectivity index (χ4v) is 4.18. The highest BCUT2D eigenvalue weighted by atomic mass is 35.5. The number of rotatable bonds is 5. The van der Waals surface area contributed by atoms with Gasteiger partial charge in [0.25, 0.3) is 5.91 Å². The Labute approximate surface area is 157 Å². The summed E-state index contributed by atoms with van der Waals surface area (Å²) in [4.78, 5) is 14.1. The fraction of sp³-hybridized carbons (Fsp3) is 0.278. The average Bonchev–Trinajstić information content (AvgIpc) is 2.68. The molecule has 0 bridgehead atoms. The summed E-state index contributed by atoms with van der Waals surface area (Å²) in [5, 5.41) is 0.0732. The number of ether oxygens (including phenoxy) is 1. The Bertz CT molecular complexity index is 881. The van der Waals surface area contributed by atoms with Gasteiger partial charge in [0.05, 0.1) is 18.2 Å². The van der Waals surface area contributed by atoms with E-state index in [0.29, 0.717) is 26.3 Å². The standard InChI is InChI=1S/C18H19ClN2O4S/c19-16-7-6-15(18(22)21-8-10-25-11-9-21)12-17(16)26(23,24)20-13-14-4-2-1-3-5-14/h1-7,12,20H,8-11,13H2. The van der Waals surface area contributed by atoms with Crippen LogP contribution in [0.2, 0.25) is 5.02 Å². The molecule has 8 heteroatoms. The molecule has 1 fully saturated rings. The van der Waals surface area contributed by atoms with E-state index >= 15 is 0 Å². The Balaban J connectivity index is 1.81. The van der Waals surface area contributed by atoms with Crippen LogP contribution >= 0.6 is 11.6 Å². The highest BCUT2D eigenvalue weighted by Crippen LogP contribution is 2.24. The largest absolute Gasteiger partial charge is 0.378 e. The first kappa shape index (κ1) is 18.8. The lowest BCUT2D eigenvalue weighted by Crippen LogP contribution is -2.40. The predicted molar refractivity (Wildman–Crippen MR) is 98.6 cm³/mol. The second kappa shape index (κ2) is 8.18. The number of benzene rings is 2. The van der Waals surface area contributed by atoms with Gasteiger partial charge < -0.3 is 9.64 Å². The maximum absolute atomic E-state index is 12.6. The summed E-state index contributed by atoms with van der Waals surface area (Å²) in [6, 6.07) is 13.5. The minimum Gasteiger partial charge on any atom is -0.378 e. The van der Waals surface area contributed by atoms with Crippen LogP contribution in [0.4, 0.5) is 0 Å². The zero-order chi connectivity index (χ0) is 18.6. The monoisotopic (exact) mass is 394 g/mol. The third-order valence-electron chi connectivity index (χ3n) is 4.08. The molecular formula is C18H19ClN2O4S. The minimum atomic E-state index is -3.85. The van der Waals surface area contributed by atoms with E-state index in [1.165, 1.54) is 18.2 Å². The lowest BCUT2D eigenvalue weighted by atomic mass is 10.2. The van der Waals surface area contributed by atoms with Crippen LogP contribution < -0.4 is 4.72 Å². The van der Waals surface area contributed by atoms with Gasteiger partial charge >= 0.3 is 0 Å². The Kier molecular flexibility index (Phi) is 5.93. The third-order valence-corrected chi connectivity index (χ3v) is 5.96. The van der Waals surface area contributed by atoms with Crippen molar-refractivity contribution < 1.29 is 17.9 Å². The van der Waals surface area contributed by atoms with Crippen molar-refractivity contribution >= 4 is 27.5 Å². The van der Waals surface area contributed by atoms with E-state index in [2.05, 4.69) is 4.72 Å². The average molecular weight is 395 g/mol. The van der Waals surface area contributed by atoms with Crippen LogP contribution in [0.1, 0.15) is 15.9 Å². The molecule has 1 amide bonds. The van der Waals surface area contributed by atoms with E-state index < -0.39 is 10.0 Å². The topological polar surface area (TPSA) is 75.7 Å². The molecule has 0 radical (unpaired) electrons. The van der Waals surface area contributed by atoms with Crippen LogP contribution in [0.15, 0.2) is 53.4 Å². The highest BCUT2D eigenvalue weighted by molar-refractivity contribution is 7.89. The first-order chi connectivity index (χ1) is 12.5. The third kappa shape index (κ3) is 4.42. The van der Waals surface area contributed by atoms with Crippen LogP contribution in [0.3, 0.4) is 0 Å². The maximum atomic E-state index is 12.6. The van der Waals surface area contributed by atoms with Gasteiger partial charge in [-0.25, -0.2) is 13.1 Å². The van der Waals surface area contributed by atoms with Crippen molar-refractivity contribution in [1.82, 2.24) is 9.62 Å². The molecule has 0 atom stereocenters. The molecule has 6 nitrogen and oxygen atoms in total. The van der Waals surface area contributed by atoms with Gasteiger partial charge in [0, 0.05) is 25.2 Å². The van der Waals surface area contributed by atoms with Gasteiger partial charge in [-0.3, -0.25) is 4.79 Å². The Morgan fingerprint density at radius 1 is 1.12 bits per heavy atom. The predicted octanol–water partition coefficient (Wildman–Crippen LogP) is 2.29. The maximum Gasteiger partial charge on any atom is 0.254 e. The van der Waals surface area contributed by atoms with E-state index in [9.17, 15) is 13.2 Å². The summed E-state index contributed by atoms with van der Waals surface area (Å²) in [6.45, 7) is 2.05. The smallest absolute Gasteiger partial charge is 0.254 e. The number of nitrogens with zero attached hydrogens (tertiary/aromatic N) is 1. The molecule has 0 spiro atoms. The molecule has 0 saturated carbocycles. The number of amides is 1. The molecule has 0 aliphatic carbocycles. The van der Waals surface area contributed by atoms with Crippen LogP contribution in [0, 0.1) is 0 Å². The molecule has 0 unspecified atom stereocenters. The number of morpholine rings is 1. The number of hydrogen-bond acceptors (Lipinski definition) is 4. The van der Waals surface area contributed by atoms with Crippen molar-refractivity contribution in [2.45, 2.75) is 11.4 Å². The summed E-state index contributed by atoms with van der Waals surface area (Å²) in [5.74, 6) is -0.232. The summed E-state index contributed by atoms with van der Waals surface area (Å²) in [7, 11) is -3.85. The minimum absolute atomic E-state index is 0.0732. The summed E-state index contributed by atoms with van der Waals surface area (Å²) in [6.07, 6.45) is 0. The first-order valence-corrected chi connectivity index (χ1v) is 10.0. The second-order valence-corrected chi connectivity index (χ2v) is 8.00. The van der Waals surface area contributed by atoms with Crippen molar-refractivity contribution in [2.24, 2.45) is 0 Å². The number of carbonyl (C=O) groups is 1. The number of halogens is 1. The van der Waals surface area contributed by atoms with Gasteiger partial charge in [0.1, 0.15) is 4.90 Å². The van der Waals surface area contributed by atoms with E-state index in [1.54, 1.807) is 4.90 Å². The Hall–Kier alpha value is -1.93. The summed E-state index contributed by atoms with van der Waals surface area (Å²) in [5.41, 5.74) is 1.11. The molecule has 1 N–H and O–H groups in total. The number of sulfonamides is 1. The lowest BCUT2D eigenvalue weighted by molar-refractivity contribution is 0.0302. The van der Waals surface area contributed by atoms with Crippen LogP contribution in [0.25, 0.3) is 0 Å². The van der Waals surface area contributed by atoms with Crippen molar-refractivity contribution in [2.75, 3.05) is 26.3 Å². The molecule has 138 valence electrons. The molecule has 1 heterocycles. The van der Waals surface area contributed by atoms with Crippen molar-refractivity contribution in [3.8, 4) is 0 Å². The highest BCUT2D eigenvalue weighted by Gasteiger charge is 2.23. The van der Waals surface area contributed by atoms with Gasteiger partial charge in [0.15, 0.2) is 0 Å². The second-order valence-electron chi connectivity index (χ2n) is 5.86. The molecule has 1 aliphatic rings. The fourth-order valence-electron chi connectivity index (χ4n) is 2.64. The normalized spacial score (nSPS) is 15.0. The number of nitrogens with one attached hydrogen (secondary N) is 1. The molecule has 2 aromatic rings. The van der Waals surface area contributed by atoms with E-state index in [1.807, 2.05) is 30.3 Å². The van der Waals surface area contributed by atoms with Crippen molar-refractivity contribution in [1.29, 1.82) is 0 Å². The molecule has 2 aromatic carbocycles. The quantitative estimate of drug-likeness (QED) is 0.844. The molecular weight excluding hydrogens is 376 g/mol. The van der Waals surface area contributed by atoms with Crippen molar-refractivity contribution in [3.05, 3.63) is 64.7 Å². The molecule has 3 rings (SSSR count). The van der Waals surface area contributed by atoms with Gasteiger partial charge in [-0.05, 0) is 23.8 Å². The van der Waals surface area contributed by atoms with Crippen molar-refractivity contribution in [3.63, 3.8) is 0 Å². The van der Waals surface area contributed by atoms with Gasteiger partial charge in [-0.15, -0.1) is 0 Å². The van der Waals surface area contributed by atoms with E-state index in [0.717, 1.165) is 5.56 Å². The lowest BCUT2D eigenvalue weighted by Gasteiger charge is -2.27.